The summed E-state index contributed by atoms with van der Waals surface area (Å²) < 4.78 is 0. The Morgan fingerprint density at radius 3 is 2.88 bits per heavy atom. The molecule has 1 aromatic heterocycles. The molecular formula is C10H11ClN4O. The van der Waals surface area contributed by atoms with Crippen LogP contribution in [0.25, 0.3) is 0 Å². The van der Waals surface area contributed by atoms with Crippen LogP contribution in [0.5, 0.6) is 0 Å². The number of carbonyl (C=O) groups excluding carboxylic acids is 1. The van der Waals surface area contributed by atoms with Crippen molar-refractivity contribution < 1.29 is 4.79 Å². The van der Waals surface area contributed by atoms with E-state index in [0.717, 1.165) is 6.42 Å². The van der Waals surface area contributed by atoms with E-state index >= 15 is 0 Å². The number of nitriles is 1. The van der Waals surface area contributed by atoms with Crippen molar-refractivity contribution in [2.75, 3.05) is 0 Å². The molecular weight excluding hydrogens is 228 g/mol. The Bertz CT molecular complexity index is 398. The Balaban J connectivity index is 2.65. The minimum Gasteiger partial charge on any atom is -0.335 e. The van der Waals surface area contributed by atoms with Gasteiger partial charge in [-0.05, 0) is 6.42 Å². The molecule has 1 rings (SSSR count). The molecule has 0 saturated heterocycles. The first-order valence-electron chi connectivity index (χ1n) is 4.85. The molecule has 1 N–H and O–H groups in total. The smallest absolute Gasteiger partial charge is 0.272 e. The summed E-state index contributed by atoms with van der Waals surface area (Å²) in [6.07, 6.45) is 4.00. The number of carbonyl (C=O) groups is 1. The summed E-state index contributed by atoms with van der Waals surface area (Å²) in [5, 5.41) is 11.6. The first-order chi connectivity index (χ1) is 7.67. The van der Waals surface area contributed by atoms with E-state index in [4.69, 9.17) is 16.9 Å². The van der Waals surface area contributed by atoms with Crippen molar-refractivity contribution in [2.24, 2.45) is 0 Å². The Morgan fingerprint density at radius 2 is 2.38 bits per heavy atom. The minimum absolute atomic E-state index is 0.153. The molecule has 0 aliphatic heterocycles. The lowest BCUT2D eigenvalue weighted by Crippen LogP contribution is -2.34. The molecule has 84 valence electrons. The predicted molar refractivity (Wildman–Crippen MR) is 58.8 cm³/mol. The van der Waals surface area contributed by atoms with E-state index in [9.17, 15) is 4.79 Å². The largest absolute Gasteiger partial charge is 0.335 e. The lowest BCUT2D eigenvalue weighted by Gasteiger charge is -2.09. The summed E-state index contributed by atoms with van der Waals surface area (Å²) in [6.45, 7) is 1.94. The molecule has 0 aromatic carbocycles. The lowest BCUT2D eigenvalue weighted by atomic mass is 10.2. The normalized spacial score (nSPS) is 11.6. The molecule has 1 heterocycles. The van der Waals surface area contributed by atoms with Gasteiger partial charge in [-0.15, -0.1) is 0 Å². The molecule has 5 nitrogen and oxygen atoms in total. The maximum atomic E-state index is 11.6. The van der Waals surface area contributed by atoms with Crippen LogP contribution in [0.3, 0.4) is 0 Å². The third-order valence-electron chi connectivity index (χ3n) is 1.89. The van der Waals surface area contributed by atoms with Crippen LogP contribution in [0.15, 0.2) is 12.4 Å². The second-order valence-corrected chi connectivity index (χ2v) is 3.56. The summed E-state index contributed by atoms with van der Waals surface area (Å²) in [5.74, 6) is -0.413. The molecule has 1 amide bonds. The number of hydrogen-bond donors (Lipinski definition) is 1. The summed E-state index contributed by atoms with van der Waals surface area (Å²) >= 11 is 5.54. The minimum atomic E-state index is -0.491. The number of aromatic nitrogens is 2. The average molecular weight is 239 g/mol. The molecule has 0 saturated carbocycles. The van der Waals surface area contributed by atoms with Crippen molar-refractivity contribution in [1.29, 1.82) is 5.26 Å². The topological polar surface area (TPSA) is 78.7 Å². The Morgan fingerprint density at radius 1 is 1.62 bits per heavy atom. The Hall–Kier alpha value is -1.67. The van der Waals surface area contributed by atoms with Gasteiger partial charge in [-0.2, -0.15) is 5.26 Å². The zero-order valence-electron chi connectivity index (χ0n) is 8.77. The summed E-state index contributed by atoms with van der Waals surface area (Å²) in [4.78, 5) is 19.1. The first-order valence-corrected chi connectivity index (χ1v) is 5.23. The number of halogens is 1. The van der Waals surface area contributed by atoms with E-state index < -0.39 is 11.9 Å². The van der Waals surface area contributed by atoms with Crippen LogP contribution in [-0.2, 0) is 0 Å². The number of nitrogens with zero attached hydrogens (tertiary/aromatic N) is 3. The van der Waals surface area contributed by atoms with Gasteiger partial charge in [-0.1, -0.05) is 24.9 Å². The van der Waals surface area contributed by atoms with Crippen LogP contribution in [0.1, 0.15) is 30.3 Å². The summed E-state index contributed by atoms with van der Waals surface area (Å²) in [7, 11) is 0. The third kappa shape index (κ3) is 3.48. The molecule has 0 spiro atoms. The molecule has 0 radical (unpaired) electrons. The van der Waals surface area contributed by atoms with Gasteiger partial charge in [0.1, 0.15) is 16.9 Å². The van der Waals surface area contributed by atoms with Gasteiger partial charge >= 0.3 is 0 Å². The highest BCUT2D eigenvalue weighted by Gasteiger charge is 2.13. The number of nitrogens with one attached hydrogen (secondary N) is 1. The van der Waals surface area contributed by atoms with E-state index in [1.165, 1.54) is 12.4 Å². The summed E-state index contributed by atoms with van der Waals surface area (Å²) in [5.41, 5.74) is 0.153. The van der Waals surface area contributed by atoms with Gasteiger partial charge in [-0.25, -0.2) is 9.97 Å². The molecule has 1 aromatic rings. The van der Waals surface area contributed by atoms with Crippen LogP contribution >= 0.6 is 11.6 Å². The van der Waals surface area contributed by atoms with E-state index in [-0.39, 0.29) is 10.8 Å². The Kier molecular flexibility index (Phi) is 4.67. The fourth-order valence-corrected chi connectivity index (χ4v) is 1.22. The molecule has 1 atom stereocenters. The van der Waals surface area contributed by atoms with Gasteiger partial charge in [0.25, 0.3) is 5.91 Å². The standard InChI is InChI=1S/C10H11ClN4O/c1-2-3-7(4-12)15-10(16)8-5-14-9(11)6-13-8/h5-7H,2-3H2,1H3,(H,15,16). The lowest BCUT2D eigenvalue weighted by molar-refractivity contribution is 0.0938. The zero-order valence-corrected chi connectivity index (χ0v) is 9.53. The van der Waals surface area contributed by atoms with Crippen LogP contribution in [0.4, 0.5) is 0 Å². The van der Waals surface area contributed by atoms with Crippen LogP contribution in [-0.4, -0.2) is 21.9 Å². The second kappa shape index (κ2) is 6.03. The first kappa shape index (κ1) is 12.4. The SMILES string of the molecule is CCCC(C#N)NC(=O)c1cnc(Cl)cn1. The quantitative estimate of drug-likeness (QED) is 0.863. The van der Waals surface area contributed by atoms with Crippen LogP contribution in [0, 0.1) is 11.3 Å². The van der Waals surface area contributed by atoms with E-state index in [0.29, 0.717) is 6.42 Å². The maximum absolute atomic E-state index is 11.6. The van der Waals surface area contributed by atoms with Crippen molar-refractivity contribution in [1.82, 2.24) is 15.3 Å². The van der Waals surface area contributed by atoms with Gasteiger partial charge in [-0.3, -0.25) is 4.79 Å². The highest BCUT2D eigenvalue weighted by atomic mass is 35.5. The van der Waals surface area contributed by atoms with Crippen molar-refractivity contribution in [3.05, 3.63) is 23.2 Å². The molecule has 0 aliphatic carbocycles. The van der Waals surface area contributed by atoms with Crippen molar-refractivity contribution in [3.8, 4) is 6.07 Å². The van der Waals surface area contributed by atoms with E-state index in [1.807, 2.05) is 13.0 Å². The third-order valence-corrected chi connectivity index (χ3v) is 2.09. The van der Waals surface area contributed by atoms with Gasteiger partial charge < -0.3 is 5.32 Å². The molecule has 6 heteroatoms. The van der Waals surface area contributed by atoms with Gasteiger partial charge in [0.05, 0.1) is 18.5 Å². The second-order valence-electron chi connectivity index (χ2n) is 3.17. The van der Waals surface area contributed by atoms with Crippen LogP contribution < -0.4 is 5.32 Å². The molecule has 1 unspecified atom stereocenters. The van der Waals surface area contributed by atoms with Crippen LogP contribution in [0.2, 0.25) is 5.15 Å². The fraction of sp³-hybridized carbons (Fsp3) is 0.400. The highest BCUT2D eigenvalue weighted by Crippen LogP contribution is 2.02. The number of rotatable bonds is 4. The number of amides is 1. The molecule has 0 bridgehead atoms. The van der Waals surface area contributed by atoms with E-state index in [1.54, 1.807) is 0 Å². The van der Waals surface area contributed by atoms with Crippen molar-refractivity contribution >= 4 is 17.5 Å². The maximum Gasteiger partial charge on any atom is 0.272 e. The van der Waals surface area contributed by atoms with E-state index in [2.05, 4.69) is 15.3 Å². The Labute approximate surface area is 98.5 Å². The molecule has 0 fully saturated rings. The summed E-state index contributed by atoms with van der Waals surface area (Å²) in [6, 6.07) is 1.52. The monoisotopic (exact) mass is 238 g/mol. The van der Waals surface area contributed by atoms with Crippen molar-refractivity contribution in [2.45, 2.75) is 25.8 Å². The van der Waals surface area contributed by atoms with Crippen molar-refractivity contribution in [3.63, 3.8) is 0 Å². The highest BCUT2D eigenvalue weighted by molar-refractivity contribution is 6.29. The fourth-order valence-electron chi connectivity index (χ4n) is 1.12. The zero-order chi connectivity index (χ0) is 12.0. The van der Waals surface area contributed by atoms with Gasteiger partial charge in [0, 0.05) is 0 Å². The predicted octanol–water partition coefficient (Wildman–Crippen LogP) is 1.55. The van der Waals surface area contributed by atoms with Gasteiger partial charge in [0.2, 0.25) is 0 Å². The molecule has 0 aliphatic rings. The van der Waals surface area contributed by atoms with Gasteiger partial charge in [0.15, 0.2) is 0 Å². The molecule has 16 heavy (non-hydrogen) atoms. The number of hydrogen-bond acceptors (Lipinski definition) is 4. The average Bonchev–Trinajstić information content (AvgIpc) is 2.29.